The Morgan fingerprint density at radius 2 is 2.11 bits per heavy atom. The van der Waals surface area contributed by atoms with Gasteiger partial charge in [0.05, 0.1) is 4.92 Å². The van der Waals surface area contributed by atoms with Crippen LogP contribution in [0.25, 0.3) is 0 Å². The van der Waals surface area contributed by atoms with Gasteiger partial charge in [-0.1, -0.05) is 31.5 Å². The Labute approximate surface area is 112 Å². The topological polar surface area (TPSA) is 69.2 Å². The van der Waals surface area contributed by atoms with Crippen molar-refractivity contribution in [2.45, 2.75) is 39.2 Å². The molecule has 0 saturated carbocycles. The molecule has 0 heterocycles. The summed E-state index contributed by atoms with van der Waals surface area (Å²) in [6, 6.07) is 4.87. The molecule has 0 aliphatic rings. The first-order valence-electron chi connectivity index (χ1n) is 6.08. The standard InChI is InChI=1S/C13H19ClN2O2/c1-9(2)7-12(15)6-4-10-3-5-11(14)8-13(10)16(17)18/h3,5,8-9,12H,4,6-7,15H2,1-2H3. The average molecular weight is 271 g/mol. The maximum atomic E-state index is 10.9. The number of benzene rings is 1. The maximum absolute atomic E-state index is 10.9. The largest absolute Gasteiger partial charge is 0.328 e. The third kappa shape index (κ3) is 4.63. The third-order valence-electron chi connectivity index (χ3n) is 2.80. The Balaban J connectivity index is 2.70. The van der Waals surface area contributed by atoms with Crippen molar-refractivity contribution < 1.29 is 4.92 Å². The normalized spacial score (nSPS) is 12.7. The molecule has 0 aliphatic heterocycles. The van der Waals surface area contributed by atoms with Gasteiger partial charge >= 0.3 is 0 Å². The number of aryl methyl sites for hydroxylation is 1. The van der Waals surface area contributed by atoms with Crippen LogP contribution in [-0.4, -0.2) is 11.0 Å². The van der Waals surface area contributed by atoms with E-state index in [-0.39, 0.29) is 11.7 Å². The molecule has 1 unspecified atom stereocenters. The van der Waals surface area contributed by atoms with Gasteiger partial charge in [0.25, 0.3) is 5.69 Å². The predicted octanol–water partition coefficient (Wildman–Crippen LogP) is 3.55. The van der Waals surface area contributed by atoms with Gasteiger partial charge in [-0.2, -0.15) is 0 Å². The van der Waals surface area contributed by atoms with Crippen molar-refractivity contribution in [3.63, 3.8) is 0 Å². The maximum Gasteiger partial charge on any atom is 0.274 e. The van der Waals surface area contributed by atoms with Crippen LogP contribution in [-0.2, 0) is 6.42 Å². The van der Waals surface area contributed by atoms with Gasteiger partial charge in [0.1, 0.15) is 0 Å². The summed E-state index contributed by atoms with van der Waals surface area (Å²) in [5.41, 5.74) is 6.76. The van der Waals surface area contributed by atoms with Gasteiger partial charge in [0.2, 0.25) is 0 Å². The average Bonchev–Trinajstić information content (AvgIpc) is 2.26. The summed E-state index contributed by atoms with van der Waals surface area (Å²) < 4.78 is 0. The minimum absolute atomic E-state index is 0.0826. The summed E-state index contributed by atoms with van der Waals surface area (Å²) in [6.45, 7) is 4.23. The highest BCUT2D eigenvalue weighted by molar-refractivity contribution is 6.30. The van der Waals surface area contributed by atoms with Gasteiger partial charge in [-0.05, 0) is 31.2 Å². The summed E-state index contributed by atoms with van der Waals surface area (Å²) >= 11 is 5.76. The monoisotopic (exact) mass is 270 g/mol. The van der Waals surface area contributed by atoms with Gasteiger partial charge < -0.3 is 5.73 Å². The minimum atomic E-state index is -0.394. The van der Waals surface area contributed by atoms with Crippen LogP contribution in [0.2, 0.25) is 5.02 Å². The number of halogens is 1. The molecule has 1 aromatic rings. The van der Waals surface area contributed by atoms with Gasteiger partial charge in [-0.25, -0.2) is 0 Å². The van der Waals surface area contributed by atoms with Crippen molar-refractivity contribution in [2.24, 2.45) is 11.7 Å². The molecule has 18 heavy (non-hydrogen) atoms. The number of nitrogens with zero attached hydrogens (tertiary/aromatic N) is 1. The summed E-state index contributed by atoms with van der Waals surface area (Å²) in [5.74, 6) is 0.542. The van der Waals surface area contributed by atoms with Gasteiger partial charge in [0, 0.05) is 22.7 Å². The van der Waals surface area contributed by atoms with Crippen LogP contribution in [0, 0.1) is 16.0 Å². The van der Waals surface area contributed by atoms with Crippen LogP contribution in [0.5, 0.6) is 0 Å². The molecule has 0 spiro atoms. The van der Waals surface area contributed by atoms with Gasteiger partial charge in [-0.15, -0.1) is 0 Å². The van der Waals surface area contributed by atoms with E-state index in [1.807, 2.05) is 0 Å². The fourth-order valence-electron chi connectivity index (χ4n) is 1.98. The van der Waals surface area contributed by atoms with E-state index >= 15 is 0 Å². The Kier molecular flexibility index (Phi) is 5.56. The van der Waals surface area contributed by atoms with Crippen molar-refractivity contribution in [3.05, 3.63) is 38.9 Å². The van der Waals surface area contributed by atoms with E-state index in [9.17, 15) is 10.1 Å². The third-order valence-corrected chi connectivity index (χ3v) is 3.04. The molecule has 0 aromatic heterocycles. The Hall–Kier alpha value is -1.13. The number of rotatable bonds is 6. The first-order valence-corrected chi connectivity index (χ1v) is 6.46. The summed E-state index contributed by atoms with van der Waals surface area (Å²) in [5, 5.41) is 11.3. The van der Waals surface area contributed by atoms with Gasteiger partial charge in [0.15, 0.2) is 0 Å². The van der Waals surface area contributed by atoms with E-state index in [0.29, 0.717) is 22.9 Å². The van der Waals surface area contributed by atoms with Crippen LogP contribution in [0.15, 0.2) is 18.2 Å². The van der Waals surface area contributed by atoms with E-state index in [1.165, 1.54) is 6.07 Å². The molecular weight excluding hydrogens is 252 g/mol. The van der Waals surface area contributed by atoms with E-state index in [2.05, 4.69) is 13.8 Å². The first-order chi connectivity index (χ1) is 8.40. The fraction of sp³-hybridized carbons (Fsp3) is 0.538. The molecule has 1 aromatic carbocycles. The van der Waals surface area contributed by atoms with Gasteiger partial charge in [-0.3, -0.25) is 10.1 Å². The lowest BCUT2D eigenvalue weighted by Crippen LogP contribution is -2.22. The second-order valence-corrected chi connectivity index (χ2v) is 5.39. The molecule has 0 radical (unpaired) electrons. The molecular formula is C13H19ClN2O2. The second-order valence-electron chi connectivity index (χ2n) is 4.96. The molecule has 0 amide bonds. The number of nitro benzene ring substituents is 1. The van der Waals surface area contributed by atoms with Crippen molar-refractivity contribution in [3.8, 4) is 0 Å². The molecule has 4 nitrogen and oxygen atoms in total. The minimum Gasteiger partial charge on any atom is -0.328 e. The lowest BCUT2D eigenvalue weighted by Gasteiger charge is -2.13. The van der Waals surface area contributed by atoms with Crippen LogP contribution in [0.3, 0.4) is 0 Å². The Morgan fingerprint density at radius 1 is 1.44 bits per heavy atom. The molecule has 0 bridgehead atoms. The SMILES string of the molecule is CC(C)CC(N)CCc1ccc(Cl)cc1[N+](=O)[O-]. The lowest BCUT2D eigenvalue weighted by molar-refractivity contribution is -0.385. The van der Waals surface area contributed by atoms with E-state index in [1.54, 1.807) is 12.1 Å². The van der Waals surface area contributed by atoms with Crippen molar-refractivity contribution in [1.82, 2.24) is 0 Å². The molecule has 100 valence electrons. The van der Waals surface area contributed by atoms with Crippen LogP contribution >= 0.6 is 11.6 Å². The van der Waals surface area contributed by atoms with E-state index in [4.69, 9.17) is 17.3 Å². The zero-order valence-electron chi connectivity index (χ0n) is 10.7. The highest BCUT2D eigenvalue weighted by atomic mass is 35.5. The zero-order chi connectivity index (χ0) is 13.7. The number of nitro groups is 1. The number of nitrogens with two attached hydrogens (primary N) is 1. The number of hydrogen-bond donors (Lipinski definition) is 1. The number of hydrogen-bond acceptors (Lipinski definition) is 3. The van der Waals surface area contributed by atoms with Crippen LogP contribution in [0.1, 0.15) is 32.3 Å². The van der Waals surface area contributed by atoms with Crippen LogP contribution < -0.4 is 5.73 Å². The molecule has 0 aliphatic carbocycles. The molecule has 5 heteroatoms. The predicted molar refractivity (Wildman–Crippen MR) is 73.9 cm³/mol. The quantitative estimate of drug-likeness (QED) is 0.635. The van der Waals surface area contributed by atoms with E-state index < -0.39 is 4.92 Å². The van der Waals surface area contributed by atoms with Crippen molar-refractivity contribution in [1.29, 1.82) is 0 Å². The zero-order valence-corrected chi connectivity index (χ0v) is 11.5. The molecule has 0 fully saturated rings. The molecule has 1 atom stereocenters. The lowest BCUT2D eigenvalue weighted by atomic mass is 9.97. The summed E-state index contributed by atoms with van der Waals surface area (Å²) in [6.07, 6.45) is 2.30. The van der Waals surface area contributed by atoms with Crippen LogP contribution in [0.4, 0.5) is 5.69 Å². The smallest absolute Gasteiger partial charge is 0.274 e. The second kappa shape index (κ2) is 6.71. The summed E-state index contributed by atoms with van der Waals surface area (Å²) in [4.78, 5) is 10.5. The Morgan fingerprint density at radius 3 is 2.67 bits per heavy atom. The fourth-order valence-corrected chi connectivity index (χ4v) is 2.15. The summed E-state index contributed by atoms with van der Waals surface area (Å²) in [7, 11) is 0. The molecule has 1 rings (SSSR count). The van der Waals surface area contributed by atoms with E-state index in [0.717, 1.165) is 12.8 Å². The molecule has 0 saturated heterocycles. The first kappa shape index (κ1) is 14.9. The van der Waals surface area contributed by atoms with Crippen molar-refractivity contribution in [2.75, 3.05) is 0 Å². The highest BCUT2D eigenvalue weighted by Gasteiger charge is 2.15. The van der Waals surface area contributed by atoms with Crippen molar-refractivity contribution >= 4 is 17.3 Å². The highest BCUT2D eigenvalue weighted by Crippen LogP contribution is 2.24. The molecule has 2 N–H and O–H groups in total. The Bertz CT molecular complexity index is 421.